The van der Waals surface area contributed by atoms with Crippen molar-refractivity contribution in [2.75, 3.05) is 26.6 Å². The van der Waals surface area contributed by atoms with Gasteiger partial charge in [0.05, 0.1) is 33.6 Å². The Balaban J connectivity index is 1.74. The van der Waals surface area contributed by atoms with Crippen LogP contribution in [0.25, 0.3) is 0 Å². The summed E-state index contributed by atoms with van der Waals surface area (Å²) in [6, 6.07) is 12.3. The molecule has 1 aliphatic heterocycles. The molecular formula is C22H23N3O6. The van der Waals surface area contributed by atoms with Gasteiger partial charge in [-0.15, -0.1) is 0 Å². The largest absolute Gasteiger partial charge is 0.493 e. The zero-order valence-corrected chi connectivity index (χ0v) is 17.5. The lowest BCUT2D eigenvalue weighted by Gasteiger charge is -2.24. The fraction of sp³-hybridized carbons (Fsp3) is 0.273. The number of benzene rings is 2. The van der Waals surface area contributed by atoms with Crippen molar-refractivity contribution in [2.45, 2.75) is 19.4 Å². The molecule has 3 rings (SSSR count). The number of carbonyl (C=O) groups excluding carboxylic acids is 3. The van der Waals surface area contributed by atoms with Gasteiger partial charge in [0.25, 0.3) is 0 Å². The molecule has 1 aliphatic rings. The van der Waals surface area contributed by atoms with E-state index in [1.165, 1.54) is 5.01 Å². The van der Waals surface area contributed by atoms with E-state index >= 15 is 0 Å². The third kappa shape index (κ3) is 5.19. The van der Waals surface area contributed by atoms with Gasteiger partial charge >= 0.3 is 11.9 Å². The maximum atomic E-state index is 12.4. The molecule has 0 aromatic heterocycles. The third-order valence-corrected chi connectivity index (χ3v) is 4.74. The van der Waals surface area contributed by atoms with Crippen molar-refractivity contribution >= 4 is 29.2 Å². The zero-order chi connectivity index (χ0) is 22.4. The molecule has 31 heavy (non-hydrogen) atoms. The van der Waals surface area contributed by atoms with Crippen LogP contribution in [0, 0.1) is 0 Å². The summed E-state index contributed by atoms with van der Waals surface area (Å²) >= 11 is 0. The normalized spacial score (nSPS) is 13.3. The summed E-state index contributed by atoms with van der Waals surface area (Å²) in [4.78, 5) is 35.2. The molecule has 9 heteroatoms. The summed E-state index contributed by atoms with van der Waals surface area (Å²) in [5.74, 6) is -0.691. The van der Waals surface area contributed by atoms with Crippen LogP contribution in [0.1, 0.15) is 24.0 Å². The molecule has 162 valence electrons. The van der Waals surface area contributed by atoms with Gasteiger partial charge in [0.1, 0.15) is 0 Å². The van der Waals surface area contributed by atoms with E-state index in [2.05, 4.69) is 15.2 Å². The Morgan fingerprint density at radius 3 is 2.35 bits per heavy atom. The summed E-state index contributed by atoms with van der Waals surface area (Å²) in [6.07, 6.45) is 0.879. The van der Waals surface area contributed by atoms with Gasteiger partial charge in [0, 0.05) is 24.1 Å². The molecule has 0 aliphatic carbocycles. The minimum atomic E-state index is -0.972. The summed E-state index contributed by atoms with van der Waals surface area (Å²) in [6.45, 7) is 0.279. The van der Waals surface area contributed by atoms with E-state index in [0.717, 1.165) is 23.9 Å². The minimum absolute atomic E-state index is 0.0766. The number of nitrogens with zero attached hydrogens (tertiary/aromatic N) is 2. The number of anilines is 1. The van der Waals surface area contributed by atoms with E-state index in [-0.39, 0.29) is 12.5 Å². The van der Waals surface area contributed by atoms with Crippen molar-refractivity contribution in [1.82, 2.24) is 5.01 Å². The van der Waals surface area contributed by atoms with E-state index in [1.807, 2.05) is 12.1 Å². The molecule has 0 unspecified atom stereocenters. The molecule has 1 heterocycles. The second-order valence-electron chi connectivity index (χ2n) is 6.71. The molecule has 0 bridgehead atoms. The first-order valence-corrected chi connectivity index (χ1v) is 9.53. The molecular weight excluding hydrogens is 402 g/mol. The van der Waals surface area contributed by atoms with Crippen molar-refractivity contribution in [1.29, 1.82) is 0 Å². The lowest BCUT2D eigenvalue weighted by atomic mass is 10.0. The molecule has 2 aromatic carbocycles. The SMILES string of the molecule is COC(=O)C(=O)Nc1ccc(CN2N=C(c3ccc(OC)c(OC)c3)CCC2=O)cc1. The fourth-order valence-electron chi connectivity index (χ4n) is 3.09. The fourth-order valence-corrected chi connectivity index (χ4v) is 3.09. The number of amides is 2. The van der Waals surface area contributed by atoms with Crippen LogP contribution in [0.15, 0.2) is 47.6 Å². The number of hydrazone groups is 1. The van der Waals surface area contributed by atoms with Crippen molar-refractivity contribution in [2.24, 2.45) is 5.10 Å². The van der Waals surface area contributed by atoms with E-state index in [9.17, 15) is 14.4 Å². The molecule has 0 radical (unpaired) electrons. The Morgan fingerprint density at radius 1 is 1.00 bits per heavy atom. The molecule has 0 saturated heterocycles. The number of esters is 1. The highest BCUT2D eigenvalue weighted by Gasteiger charge is 2.22. The Morgan fingerprint density at radius 2 is 1.71 bits per heavy atom. The van der Waals surface area contributed by atoms with E-state index in [0.29, 0.717) is 30.0 Å². The Hall–Kier alpha value is -3.88. The van der Waals surface area contributed by atoms with Crippen LogP contribution in [0.5, 0.6) is 11.5 Å². The summed E-state index contributed by atoms with van der Waals surface area (Å²) < 4.78 is 15.0. The van der Waals surface area contributed by atoms with Crippen LogP contribution in [0.3, 0.4) is 0 Å². The van der Waals surface area contributed by atoms with Crippen molar-refractivity contribution in [3.63, 3.8) is 0 Å². The van der Waals surface area contributed by atoms with Gasteiger partial charge in [-0.1, -0.05) is 12.1 Å². The molecule has 9 nitrogen and oxygen atoms in total. The Bertz CT molecular complexity index is 1020. The summed E-state index contributed by atoms with van der Waals surface area (Å²) in [5, 5.41) is 8.40. The highest BCUT2D eigenvalue weighted by atomic mass is 16.5. The lowest BCUT2D eigenvalue weighted by Crippen LogP contribution is -2.31. The number of rotatable bonds is 6. The molecule has 1 N–H and O–H groups in total. The highest BCUT2D eigenvalue weighted by molar-refractivity contribution is 6.37. The number of ether oxygens (including phenoxy) is 3. The first-order chi connectivity index (χ1) is 14.9. The van der Waals surface area contributed by atoms with Crippen LogP contribution in [0.2, 0.25) is 0 Å². The van der Waals surface area contributed by atoms with Crippen molar-refractivity contribution < 1.29 is 28.6 Å². The second kappa shape index (κ2) is 9.75. The predicted molar refractivity (Wildman–Crippen MR) is 113 cm³/mol. The summed E-state index contributed by atoms with van der Waals surface area (Å²) in [5.41, 5.74) is 2.90. The smallest absolute Gasteiger partial charge is 0.396 e. The Labute approximate surface area is 179 Å². The summed E-state index contributed by atoms with van der Waals surface area (Å²) in [7, 11) is 4.27. The molecule has 2 aromatic rings. The second-order valence-corrected chi connectivity index (χ2v) is 6.71. The highest BCUT2D eigenvalue weighted by Crippen LogP contribution is 2.29. The van der Waals surface area contributed by atoms with E-state index in [4.69, 9.17) is 9.47 Å². The van der Waals surface area contributed by atoms with Crippen LogP contribution in [-0.2, 0) is 25.7 Å². The number of carbonyl (C=O) groups is 3. The molecule has 2 amide bonds. The van der Waals surface area contributed by atoms with Gasteiger partial charge in [-0.05, 0) is 35.9 Å². The number of hydrogen-bond acceptors (Lipinski definition) is 7. The topological polar surface area (TPSA) is 107 Å². The van der Waals surface area contributed by atoms with Crippen LogP contribution in [-0.4, -0.2) is 49.8 Å². The monoisotopic (exact) mass is 425 g/mol. The maximum absolute atomic E-state index is 12.4. The van der Waals surface area contributed by atoms with Crippen molar-refractivity contribution in [3.05, 3.63) is 53.6 Å². The third-order valence-electron chi connectivity index (χ3n) is 4.74. The van der Waals surface area contributed by atoms with Crippen molar-refractivity contribution in [3.8, 4) is 11.5 Å². The van der Waals surface area contributed by atoms with Gasteiger partial charge < -0.3 is 19.5 Å². The van der Waals surface area contributed by atoms with E-state index in [1.54, 1.807) is 44.6 Å². The number of hydrogen-bond donors (Lipinski definition) is 1. The van der Waals surface area contributed by atoms with Crippen LogP contribution >= 0.6 is 0 Å². The predicted octanol–water partition coefficient (Wildman–Crippen LogP) is 2.34. The number of methoxy groups -OCH3 is 3. The quantitative estimate of drug-likeness (QED) is 0.562. The zero-order valence-electron chi connectivity index (χ0n) is 17.5. The average Bonchev–Trinajstić information content (AvgIpc) is 2.80. The number of nitrogens with one attached hydrogen (secondary N) is 1. The first kappa shape index (κ1) is 21.8. The van der Waals surface area contributed by atoms with E-state index < -0.39 is 11.9 Å². The first-order valence-electron chi connectivity index (χ1n) is 9.53. The Kier molecular flexibility index (Phi) is 6.86. The lowest BCUT2D eigenvalue weighted by molar-refractivity contribution is -0.150. The molecule has 0 spiro atoms. The van der Waals surface area contributed by atoms with Gasteiger partial charge in [0.15, 0.2) is 11.5 Å². The van der Waals surface area contributed by atoms with Crippen LogP contribution < -0.4 is 14.8 Å². The standard InChI is InChI=1S/C22H23N3O6/c1-29-18-10-6-15(12-19(18)30-2)17-9-11-20(26)25(24-17)13-14-4-7-16(8-5-14)23-21(27)22(28)31-3/h4-8,10,12H,9,11,13H2,1-3H3,(H,23,27). The van der Waals surface area contributed by atoms with Crippen LogP contribution in [0.4, 0.5) is 5.69 Å². The molecule has 0 saturated carbocycles. The van der Waals surface area contributed by atoms with Gasteiger partial charge in [-0.3, -0.25) is 9.59 Å². The van der Waals surface area contributed by atoms with Gasteiger partial charge in [0.2, 0.25) is 5.91 Å². The average molecular weight is 425 g/mol. The molecule has 0 fully saturated rings. The molecule has 0 atom stereocenters. The van der Waals surface area contributed by atoms with Gasteiger partial charge in [-0.2, -0.15) is 5.10 Å². The minimum Gasteiger partial charge on any atom is -0.493 e. The maximum Gasteiger partial charge on any atom is 0.396 e. The van der Waals surface area contributed by atoms with Gasteiger partial charge in [-0.25, -0.2) is 9.80 Å².